The summed E-state index contributed by atoms with van der Waals surface area (Å²) in [5, 5.41) is 1.65. The molecule has 6 heteroatoms. The molecular formula is C16H10ClN3OS. The predicted octanol–water partition coefficient (Wildman–Crippen LogP) is 3.48. The first-order valence-electron chi connectivity index (χ1n) is 6.41. The van der Waals surface area contributed by atoms with Gasteiger partial charge in [-0.15, -0.1) is 6.42 Å². The third kappa shape index (κ3) is 2.80. The first-order chi connectivity index (χ1) is 10.7. The third-order valence-electron chi connectivity index (χ3n) is 3.01. The number of benzene rings is 1. The van der Waals surface area contributed by atoms with E-state index in [2.05, 4.69) is 15.9 Å². The molecule has 0 unspecified atom stereocenters. The van der Waals surface area contributed by atoms with Crippen molar-refractivity contribution in [3.05, 3.63) is 58.0 Å². The van der Waals surface area contributed by atoms with Gasteiger partial charge in [-0.3, -0.25) is 4.79 Å². The lowest BCUT2D eigenvalue weighted by Crippen LogP contribution is -2.20. The predicted molar refractivity (Wildman–Crippen MR) is 91.0 cm³/mol. The van der Waals surface area contributed by atoms with E-state index in [1.807, 2.05) is 12.1 Å². The molecule has 4 nitrogen and oxygen atoms in total. The van der Waals surface area contributed by atoms with Gasteiger partial charge in [0.25, 0.3) is 5.56 Å². The molecule has 0 radical (unpaired) electrons. The molecule has 0 atom stereocenters. The van der Waals surface area contributed by atoms with Gasteiger partial charge in [-0.1, -0.05) is 28.9 Å². The second-order valence-electron chi connectivity index (χ2n) is 4.42. The first kappa shape index (κ1) is 14.5. The normalized spacial score (nSPS) is 10.4. The molecule has 0 spiro atoms. The minimum Gasteiger partial charge on any atom is -0.306 e. The minimum absolute atomic E-state index is 0.295. The lowest BCUT2D eigenvalue weighted by Gasteiger charge is -2.20. The molecule has 0 bridgehead atoms. The summed E-state index contributed by atoms with van der Waals surface area (Å²) >= 11 is 7.23. The van der Waals surface area contributed by atoms with Crippen LogP contribution in [-0.4, -0.2) is 16.5 Å². The van der Waals surface area contributed by atoms with Crippen LogP contribution in [0.15, 0.2) is 47.4 Å². The van der Waals surface area contributed by atoms with E-state index in [1.54, 1.807) is 35.4 Å². The lowest BCUT2D eigenvalue weighted by molar-refractivity contribution is 1.08. The Morgan fingerprint density at radius 1 is 1.27 bits per heavy atom. The smallest absolute Gasteiger partial charge is 0.282 e. The number of hydrogen-bond acceptors (Lipinski definition) is 5. The van der Waals surface area contributed by atoms with E-state index < -0.39 is 0 Å². The van der Waals surface area contributed by atoms with Crippen LogP contribution in [0.2, 0.25) is 5.02 Å². The number of pyridine rings is 1. The average molecular weight is 328 g/mol. The van der Waals surface area contributed by atoms with E-state index in [-0.39, 0.29) is 5.56 Å². The molecule has 3 rings (SSSR count). The van der Waals surface area contributed by atoms with Crippen molar-refractivity contribution < 1.29 is 0 Å². The maximum Gasteiger partial charge on any atom is 0.282 e. The second kappa shape index (κ2) is 6.14. The van der Waals surface area contributed by atoms with Crippen LogP contribution in [0, 0.1) is 12.3 Å². The summed E-state index contributed by atoms with van der Waals surface area (Å²) in [5.74, 6) is 2.58. The van der Waals surface area contributed by atoms with Crippen LogP contribution < -0.4 is 10.5 Å². The van der Waals surface area contributed by atoms with E-state index in [0.717, 1.165) is 5.69 Å². The molecule has 3 aromatic rings. The monoisotopic (exact) mass is 327 g/mol. The molecular weight excluding hydrogens is 318 g/mol. The highest BCUT2D eigenvalue weighted by atomic mass is 35.5. The Hall–Kier alpha value is -2.42. The van der Waals surface area contributed by atoms with Crippen LogP contribution in [-0.2, 0) is 0 Å². The molecule has 0 aliphatic heterocycles. The van der Waals surface area contributed by atoms with Gasteiger partial charge in [0.15, 0.2) is 5.13 Å². The largest absolute Gasteiger partial charge is 0.306 e. The lowest BCUT2D eigenvalue weighted by atomic mass is 10.3. The van der Waals surface area contributed by atoms with Crippen molar-refractivity contribution >= 4 is 44.0 Å². The van der Waals surface area contributed by atoms with Gasteiger partial charge in [0, 0.05) is 16.9 Å². The zero-order valence-corrected chi connectivity index (χ0v) is 12.9. The number of rotatable bonds is 3. The van der Waals surface area contributed by atoms with Crippen LogP contribution in [0.3, 0.4) is 0 Å². The molecule has 0 saturated heterocycles. The molecule has 1 aromatic carbocycles. The van der Waals surface area contributed by atoms with Gasteiger partial charge in [-0.05, 0) is 36.4 Å². The Morgan fingerprint density at radius 2 is 2.05 bits per heavy atom. The van der Waals surface area contributed by atoms with Gasteiger partial charge in [-0.25, -0.2) is 4.98 Å². The summed E-state index contributed by atoms with van der Waals surface area (Å²) < 4.78 is 0. The van der Waals surface area contributed by atoms with E-state index in [1.165, 1.54) is 11.3 Å². The Morgan fingerprint density at radius 3 is 2.77 bits per heavy atom. The number of halogens is 1. The van der Waals surface area contributed by atoms with Crippen molar-refractivity contribution in [3.63, 3.8) is 0 Å². The quantitative estimate of drug-likeness (QED) is 0.691. The van der Waals surface area contributed by atoms with Crippen molar-refractivity contribution in [2.75, 3.05) is 11.4 Å². The summed E-state index contributed by atoms with van der Waals surface area (Å²) in [7, 11) is 0. The third-order valence-corrected chi connectivity index (χ3v) is 4.27. The van der Waals surface area contributed by atoms with Crippen LogP contribution in [0.1, 0.15) is 0 Å². The van der Waals surface area contributed by atoms with Crippen molar-refractivity contribution in [2.24, 2.45) is 0 Å². The zero-order chi connectivity index (χ0) is 15.5. The number of hydrogen-bond donors (Lipinski definition) is 0. The molecule has 0 amide bonds. The molecule has 0 aliphatic rings. The topological polar surface area (TPSA) is 46.1 Å². The average Bonchev–Trinajstić information content (AvgIpc) is 2.54. The van der Waals surface area contributed by atoms with Gasteiger partial charge < -0.3 is 4.90 Å². The molecule has 22 heavy (non-hydrogen) atoms. The van der Waals surface area contributed by atoms with Crippen molar-refractivity contribution in [1.29, 1.82) is 0 Å². The summed E-state index contributed by atoms with van der Waals surface area (Å²) in [6.45, 7) is 0.295. The summed E-state index contributed by atoms with van der Waals surface area (Å²) in [5.41, 5.74) is 0.508. The molecule has 108 valence electrons. The fourth-order valence-electron chi connectivity index (χ4n) is 1.99. The van der Waals surface area contributed by atoms with E-state index in [4.69, 9.17) is 18.0 Å². The highest BCUT2D eigenvalue weighted by Gasteiger charge is 2.14. The van der Waals surface area contributed by atoms with Crippen molar-refractivity contribution in [2.45, 2.75) is 0 Å². The van der Waals surface area contributed by atoms with Crippen LogP contribution in [0.25, 0.3) is 10.2 Å². The van der Waals surface area contributed by atoms with E-state index in [9.17, 15) is 4.79 Å². The molecule has 0 saturated carbocycles. The highest BCUT2D eigenvalue weighted by molar-refractivity contribution is 7.21. The Labute approximate surface area is 136 Å². The standard InChI is InChI=1S/C16H10ClN3OS/c1-2-10-20(12-7-5-11(17)6-8-12)16-19-14(21)13-4-3-9-18-15(13)22-16/h1,3-9H,10H2. The van der Waals surface area contributed by atoms with Gasteiger partial charge in [0.1, 0.15) is 4.83 Å². The van der Waals surface area contributed by atoms with Gasteiger partial charge in [0.2, 0.25) is 0 Å². The van der Waals surface area contributed by atoms with Crippen molar-refractivity contribution in [1.82, 2.24) is 9.97 Å². The fourth-order valence-corrected chi connectivity index (χ4v) is 3.07. The van der Waals surface area contributed by atoms with E-state index in [0.29, 0.717) is 26.9 Å². The Bertz CT molecular complexity index is 915. The van der Waals surface area contributed by atoms with E-state index >= 15 is 0 Å². The van der Waals surface area contributed by atoms with Gasteiger partial charge in [0.05, 0.1) is 11.9 Å². The number of nitrogens with zero attached hydrogens (tertiary/aromatic N) is 3. The molecule has 2 aromatic heterocycles. The number of anilines is 2. The molecule has 0 N–H and O–H groups in total. The Balaban J connectivity index is 2.15. The summed E-state index contributed by atoms with van der Waals surface area (Å²) in [6.07, 6.45) is 7.10. The minimum atomic E-state index is -0.312. The van der Waals surface area contributed by atoms with Crippen LogP contribution in [0.4, 0.5) is 10.8 Å². The molecule has 0 fully saturated rings. The number of terminal acetylenes is 1. The van der Waals surface area contributed by atoms with Crippen molar-refractivity contribution in [3.8, 4) is 12.3 Å². The number of aromatic nitrogens is 2. The molecule has 2 heterocycles. The van der Waals surface area contributed by atoms with Crippen LogP contribution in [0.5, 0.6) is 0 Å². The SMILES string of the molecule is C#CCN(c1ccc(Cl)cc1)c1nc(=O)c2cccnc2s1. The molecule has 0 aliphatic carbocycles. The highest BCUT2D eigenvalue weighted by Crippen LogP contribution is 2.29. The zero-order valence-electron chi connectivity index (χ0n) is 11.4. The maximum absolute atomic E-state index is 12.1. The summed E-state index contributed by atoms with van der Waals surface area (Å²) in [4.78, 5) is 22.9. The first-order valence-corrected chi connectivity index (χ1v) is 7.61. The maximum atomic E-state index is 12.1. The van der Waals surface area contributed by atoms with Gasteiger partial charge in [-0.2, -0.15) is 4.98 Å². The number of fused-ring (bicyclic) bond motifs is 1. The fraction of sp³-hybridized carbons (Fsp3) is 0.0625. The summed E-state index contributed by atoms with van der Waals surface area (Å²) in [6, 6.07) is 10.6. The van der Waals surface area contributed by atoms with Crippen LogP contribution >= 0.6 is 22.9 Å². The Kier molecular flexibility index (Phi) is 4.05. The van der Waals surface area contributed by atoms with Gasteiger partial charge >= 0.3 is 0 Å². The second-order valence-corrected chi connectivity index (χ2v) is 5.82.